The highest BCUT2D eigenvalue weighted by molar-refractivity contribution is 5.76. The number of hydrogen-bond acceptors (Lipinski definition) is 3. The smallest absolute Gasteiger partial charge is 0.309 e. The summed E-state index contributed by atoms with van der Waals surface area (Å²) in [5.74, 6) is -0.0741. The van der Waals surface area contributed by atoms with Crippen LogP contribution in [-0.2, 0) is 11.2 Å². The van der Waals surface area contributed by atoms with E-state index in [0.717, 1.165) is 28.2 Å². The minimum Gasteiger partial charge on any atom is -0.496 e. The Morgan fingerprint density at radius 3 is 2.70 bits per heavy atom. The zero-order valence-electron chi connectivity index (χ0n) is 13.3. The van der Waals surface area contributed by atoms with E-state index < -0.39 is 5.97 Å². The van der Waals surface area contributed by atoms with Gasteiger partial charge >= 0.3 is 5.97 Å². The summed E-state index contributed by atoms with van der Waals surface area (Å²) in [6.07, 6.45) is -0.0770. The molecule has 0 aliphatic rings. The van der Waals surface area contributed by atoms with Gasteiger partial charge in [0.05, 0.1) is 24.9 Å². The van der Waals surface area contributed by atoms with Gasteiger partial charge in [0.1, 0.15) is 11.4 Å². The molecule has 0 aliphatic carbocycles. The maximum absolute atomic E-state index is 11.3. The topological polar surface area (TPSA) is 63.8 Å². The maximum atomic E-state index is 11.3. The van der Waals surface area contributed by atoms with Gasteiger partial charge in [-0.25, -0.2) is 4.98 Å². The molecule has 23 heavy (non-hydrogen) atoms. The molecular formula is C18H18N2O3. The van der Waals surface area contributed by atoms with Gasteiger partial charge < -0.3 is 14.2 Å². The fourth-order valence-corrected chi connectivity index (χ4v) is 2.89. The molecule has 0 aliphatic heterocycles. The summed E-state index contributed by atoms with van der Waals surface area (Å²) >= 11 is 0. The molecule has 0 amide bonds. The highest BCUT2D eigenvalue weighted by atomic mass is 16.5. The van der Waals surface area contributed by atoms with E-state index in [0.29, 0.717) is 11.4 Å². The van der Waals surface area contributed by atoms with Gasteiger partial charge in [0.25, 0.3) is 0 Å². The van der Waals surface area contributed by atoms with Crippen LogP contribution in [0.15, 0.2) is 36.4 Å². The van der Waals surface area contributed by atoms with Crippen LogP contribution in [0.5, 0.6) is 5.75 Å². The number of fused-ring (bicyclic) bond motifs is 1. The molecule has 0 atom stereocenters. The number of carbonyl (C=O) groups is 1. The van der Waals surface area contributed by atoms with Crippen LogP contribution < -0.4 is 4.74 Å². The van der Waals surface area contributed by atoms with E-state index in [1.54, 1.807) is 7.11 Å². The molecule has 0 bridgehead atoms. The molecule has 1 aromatic carbocycles. The normalized spacial score (nSPS) is 10.9. The number of aromatic nitrogens is 2. The number of carboxylic acids is 1. The number of benzene rings is 1. The molecule has 3 rings (SSSR count). The minimum absolute atomic E-state index is 0.0770. The lowest BCUT2D eigenvalue weighted by molar-refractivity contribution is -0.136. The van der Waals surface area contributed by atoms with E-state index >= 15 is 0 Å². The van der Waals surface area contributed by atoms with Crippen molar-refractivity contribution in [2.75, 3.05) is 7.11 Å². The number of pyridine rings is 1. The van der Waals surface area contributed by atoms with Crippen molar-refractivity contribution in [1.29, 1.82) is 0 Å². The lowest BCUT2D eigenvalue weighted by Gasteiger charge is -2.08. The van der Waals surface area contributed by atoms with E-state index in [4.69, 9.17) is 4.74 Å². The maximum Gasteiger partial charge on any atom is 0.309 e. The Morgan fingerprint density at radius 2 is 2.04 bits per heavy atom. The average Bonchev–Trinajstić information content (AvgIpc) is 2.86. The summed E-state index contributed by atoms with van der Waals surface area (Å²) in [4.78, 5) is 16.0. The predicted molar refractivity (Wildman–Crippen MR) is 88.0 cm³/mol. The third-order valence-corrected chi connectivity index (χ3v) is 3.92. The highest BCUT2D eigenvalue weighted by Gasteiger charge is 2.18. The number of methoxy groups -OCH3 is 1. The van der Waals surface area contributed by atoms with E-state index in [2.05, 4.69) is 4.98 Å². The Hall–Kier alpha value is -2.82. The van der Waals surface area contributed by atoms with Crippen molar-refractivity contribution in [2.24, 2.45) is 0 Å². The molecule has 0 radical (unpaired) electrons. The standard InChI is InChI=1S/C18H18N2O3/c1-11-9-13(7-8-15(11)23-3)18-14(10-17(21)22)20-12(2)5-4-6-16(20)19-18/h4-9H,10H2,1-3H3,(H,21,22). The summed E-state index contributed by atoms with van der Waals surface area (Å²) < 4.78 is 7.19. The van der Waals surface area contributed by atoms with E-state index in [-0.39, 0.29) is 6.42 Å². The third-order valence-electron chi connectivity index (χ3n) is 3.92. The van der Waals surface area contributed by atoms with Gasteiger partial charge in [-0.15, -0.1) is 0 Å². The Bertz CT molecular complexity index is 897. The second kappa shape index (κ2) is 5.76. The molecule has 5 heteroatoms. The number of ether oxygens (including phenoxy) is 1. The molecule has 2 heterocycles. The van der Waals surface area contributed by atoms with E-state index in [1.807, 2.05) is 54.6 Å². The van der Waals surface area contributed by atoms with Crippen molar-refractivity contribution in [1.82, 2.24) is 9.38 Å². The fraction of sp³-hybridized carbons (Fsp3) is 0.222. The van der Waals surface area contributed by atoms with Gasteiger partial charge in [0, 0.05) is 11.3 Å². The number of aryl methyl sites for hydroxylation is 2. The number of nitrogens with zero attached hydrogens (tertiary/aromatic N) is 2. The quantitative estimate of drug-likeness (QED) is 0.803. The molecule has 0 unspecified atom stereocenters. The lowest BCUT2D eigenvalue weighted by Crippen LogP contribution is -2.06. The van der Waals surface area contributed by atoms with Crippen LogP contribution in [0.3, 0.4) is 0 Å². The van der Waals surface area contributed by atoms with Crippen molar-refractivity contribution in [2.45, 2.75) is 20.3 Å². The first-order valence-electron chi connectivity index (χ1n) is 7.35. The first-order valence-corrected chi connectivity index (χ1v) is 7.35. The van der Waals surface area contributed by atoms with Crippen LogP contribution in [0, 0.1) is 13.8 Å². The van der Waals surface area contributed by atoms with Crippen LogP contribution in [0.25, 0.3) is 16.9 Å². The predicted octanol–water partition coefficient (Wildman–Crippen LogP) is 3.25. The molecule has 0 fully saturated rings. The largest absolute Gasteiger partial charge is 0.496 e. The summed E-state index contributed by atoms with van der Waals surface area (Å²) in [5, 5.41) is 9.28. The van der Waals surface area contributed by atoms with Gasteiger partial charge in [-0.3, -0.25) is 4.79 Å². The Balaban J connectivity index is 2.26. The third kappa shape index (κ3) is 2.65. The summed E-state index contributed by atoms with van der Waals surface area (Å²) in [6, 6.07) is 11.5. The van der Waals surface area contributed by atoms with Crippen molar-refractivity contribution in [3.05, 3.63) is 53.3 Å². The number of hydrogen-bond donors (Lipinski definition) is 1. The van der Waals surface area contributed by atoms with Crippen LogP contribution >= 0.6 is 0 Å². The van der Waals surface area contributed by atoms with Crippen LogP contribution in [-0.4, -0.2) is 27.6 Å². The minimum atomic E-state index is -0.874. The fourth-order valence-electron chi connectivity index (χ4n) is 2.89. The molecule has 1 N–H and O–H groups in total. The van der Waals surface area contributed by atoms with Crippen molar-refractivity contribution < 1.29 is 14.6 Å². The van der Waals surface area contributed by atoms with Crippen LogP contribution in [0.4, 0.5) is 0 Å². The SMILES string of the molecule is COc1ccc(-c2nc3cccc(C)n3c2CC(=O)O)cc1C. The zero-order chi connectivity index (χ0) is 16.6. The van der Waals surface area contributed by atoms with Crippen LogP contribution in [0.2, 0.25) is 0 Å². The molecule has 0 saturated heterocycles. The van der Waals surface area contributed by atoms with Crippen molar-refractivity contribution in [3.63, 3.8) is 0 Å². The van der Waals surface area contributed by atoms with E-state index in [9.17, 15) is 9.90 Å². The number of aliphatic carboxylic acids is 1. The first kappa shape index (κ1) is 15.1. The second-order valence-corrected chi connectivity index (χ2v) is 5.52. The lowest BCUT2D eigenvalue weighted by atomic mass is 10.1. The van der Waals surface area contributed by atoms with E-state index in [1.165, 1.54) is 0 Å². The summed E-state index contributed by atoms with van der Waals surface area (Å²) in [7, 11) is 1.63. The molecule has 2 aromatic heterocycles. The monoisotopic (exact) mass is 310 g/mol. The molecule has 0 spiro atoms. The molecule has 118 valence electrons. The number of carboxylic acid groups (broad SMARTS) is 1. The molecule has 0 saturated carbocycles. The highest BCUT2D eigenvalue weighted by Crippen LogP contribution is 2.29. The Morgan fingerprint density at radius 1 is 1.26 bits per heavy atom. The summed E-state index contributed by atoms with van der Waals surface area (Å²) in [6.45, 7) is 3.91. The van der Waals surface area contributed by atoms with Gasteiger partial charge in [0.2, 0.25) is 0 Å². The first-order chi connectivity index (χ1) is 11.0. The van der Waals surface area contributed by atoms with Gasteiger partial charge in [-0.2, -0.15) is 0 Å². The zero-order valence-corrected chi connectivity index (χ0v) is 13.3. The molecular weight excluding hydrogens is 292 g/mol. The second-order valence-electron chi connectivity index (χ2n) is 5.52. The van der Waals surface area contributed by atoms with Gasteiger partial charge in [-0.1, -0.05) is 6.07 Å². The molecule has 5 nitrogen and oxygen atoms in total. The Labute approximate surface area is 134 Å². The van der Waals surface area contributed by atoms with Crippen molar-refractivity contribution >= 4 is 11.6 Å². The van der Waals surface area contributed by atoms with Crippen LogP contribution in [0.1, 0.15) is 17.0 Å². The average molecular weight is 310 g/mol. The van der Waals surface area contributed by atoms with Gasteiger partial charge in [-0.05, 0) is 49.7 Å². The number of imidazole rings is 1. The number of rotatable bonds is 4. The molecule has 3 aromatic rings. The van der Waals surface area contributed by atoms with Gasteiger partial charge in [0.15, 0.2) is 0 Å². The van der Waals surface area contributed by atoms with Crippen molar-refractivity contribution in [3.8, 4) is 17.0 Å². The Kier molecular flexibility index (Phi) is 3.78. The summed E-state index contributed by atoms with van der Waals surface area (Å²) in [5.41, 5.74) is 4.98.